The quantitative estimate of drug-likeness (QED) is 0.781. The van der Waals surface area contributed by atoms with Crippen molar-refractivity contribution in [3.8, 4) is 0 Å². The van der Waals surface area contributed by atoms with Crippen LogP contribution in [0.4, 0.5) is 11.8 Å². The molecule has 1 aliphatic rings. The summed E-state index contributed by atoms with van der Waals surface area (Å²) in [5, 5.41) is 0. The van der Waals surface area contributed by atoms with Gasteiger partial charge >= 0.3 is 0 Å². The van der Waals surface area contributed by atoms with Crippen molar-refractivity contribution in [2.45, 2.75) is 38.8 Å². The molecule has 7 nitrogen and oxygen atoms in total. The molecular formula is C20H30N6O. The maximum atomic E-state index is 13.3. The lowest BCUT2D eigenvalue weighted by atomic mass is 10.0. The molecule has 0 aromatic carbocycles. The van der Waals surface area contributed by atoms with Gasteiger partial charge in [-0.1, -0.05) is 13.3 Å². The fourth-order valence-corrected chi connectivity index (χ4v) is 3.60. The van der Waals surface area contributed by atoms with Gasteiger partial charge in [-0.25, -0.2) is 4.98 Å². The standard InChI is InChI=1S/C20H30N6O/c1-6-9-17(25-11-7-8-12-25)19(27)26-13-10-15-16(14-26)21-20(24(4)5)22-18(15)23(2)3/h7-8,11-12,17H,6,9-10,13-14H2,1-5H3/t17-/m0/s1. The first-order valence-electron chi connectivity index (χ1n) is 9.58. The van der Waals surface area contributed by atoms with Crippen molar-refractivity contribution >= 4 is 17.7 Å². The summed E-state index contributed by atoms with van der Waals surface area (Å²) in [5.41, 5.74) is 2.11. The van der Waals surface area contributed by atoms with Crippen molar-refractivity contribution in [2.24, 2.45) is 0 Å². The molecule has 0 radical (unpaired) electrons. The predicted molar refractivity (Wildman–Crippen MR) is 108 cm³/mol. The maximum Gasteiger partial charge on any atom is 0.245 e. The molecule has 1 atom stereocenters. The van der Waals surface area contributed by atoms with Crippen molar-refractivity contribution in [3.63, 3.8) is 0 Å². The summed E-state index contributed by atoms with van der Waals surface area (Å²) >= 11 is 0. The highest BCUT2D eigenvalue weighted by Crippen LogP contribution is 2.29. The van der Waals surface area contributed by atoms with Crippen molar-refractivity contribution in [1.82, 2.24) is 19.4 Å². The van der Waals surface area contributed by atoms with E-state index in [4.69, 9.17) is 9.97 Å². The van der Waals surface area contributed by atoms with E-state index in [1.807, 2.05) is 72.0 Å². The second-order valence-corrected chi connectivity index (χ2v) is 7.51. The van der Waals surface area contributed by atoms with Crippen LogP contribution in [0.3, 0.4) is 0 Å². The van der Waals surface area contributed by atoms with Gasteiger partial charge in [0.1, 0.15) is 11.9 Å². The van der Waals surface area contributed by atoms with Gasteiger partial charge in [0.05, 0.1) is 12.2 Å². The Bertz CT molecular complexity index is 784. The van der Waals surface area contributed by atoms with E-state index in [0.29, 0.717) is 19.0 Å². The molecule has 1 aliphatic heterocycles. The molecule has 1 amide bonds. The molecule has 0 saturated heterocycles. The Morgan fingerprint density at radius 1 is 1.15 bits per heavy atom. The van der Waals surface area contributed by atoms with Crippen molar-refractivity contribution in [3.05, 3.63) is 35.8 Å². The Hall–Kier alpha value is -2.57. The highest BCUT2D eigenvalue weighted by molar-refractivity contribution is 5.81. The summed E-state index contributed by atoms with van der Waals surface area (Å²) in [6.45, 7) is 3.37. The van der Waals surface area contributed by atoms with Gasteiger partial charge in [-0.3, -0.25) is 4.79 Å². The Morgan fingerprint density at radius 3 is 2.44 bits per heavy atom. The van der Waals surface area contributed by atoms with E-state index in [9.17, 15) is 4.79 Å². The molecule has 0 aliphatic carbocycles. The average Bonchev–Trinajstić information content (AvgIpc) is 3.18. The maximum absolute atomic E-state index is 13.3. The minimum Gasteiger partial charge on any atom is -0.362 e. The molecular weight excluding hydrogens is 340 g/mol. The molecule has 0 N–H and O–H groups in total. The number of hydrogen-bond donors (Lipinski definition) is 0. The number of carbonyl (C=O) groups is 1. The molecule has 3 rings (SSSR count). The van der Waals surface area contributed by atoms with Gasteiger partial charge in [-0.05, 0) is 25.0 Å². The fourth-order valence-electron chi connectivity index (χ4n) is 3.60. The molecule has 0 saturated carbocycles. The molecule has 7 heteroatoms. The highest BCUT2D eigenvalue weighted by Gasteiger charge is 2.30. The van der Waals surface area contributed by atoms with E-state index >= 15 is 0 Å². The Balaban J connectivity index is 1.89. The largest absolute Gasteiger partial charge is 0.362 e. The highest BCUT2D eigenvalue weighted by atomic mass is 16.2. The summed E-state index contributed by atoms with van der Waals surface area (Å²) in [4.78, 5) is 28.6. The van der Waals surface area contributed by atoms with Gasteiger partial charge in [0, 0.05) is 52.7 Å². The summed E-state index contributed by atoms with van der Waals surface area (Å²) in [6.07, 6.45) is 6.55. The first-order valence-corrected chi connectivity index (χ1v) is 9.58. The fraction of sp³-hybridized carbons (Fsp3) is 0.550. The van der Waals surface area contributed by atoms with E-state index in [-0.39, 0.29) is 11.9 Å². The SMILES string of the molecule is CCC[C@@H](C(=O)N1CCc2c(nc(N(C)C)nc2N(C)C)C1)n1cccc1. The zero-order chi connectivity index (χ0) is 19.6. The van der Waals surface area contributed by atoms with Gasteiger partial charge in [0.2, 0.25) is 11.9 Å². The van der Waals surface area contributed by atoms with Gasteiger partial charge in [-0.15, -0.1) is 0 Å². The minimum absolute atomic E-state index is 0.143. The van der Waals surface area contributed by atoms with Crippen LogP contribution >= 0.6 is 0 Å². The van der Waals surface area contributed by atoms with Crippen LogP contribution in [0, 0.1) is 0 Å². The van der Waals surface area contributed by atoms with Crippen LogP contribution in [0.5, 0.6) is 0 Å². The smallest absolute Gasteiger partial charge is 0.245 e. The lowest BCUT2D eigenvalue weighted by Gasteiger charge is -2.33. The molecule has 0 spiro atoms. The minimum atomic E-state index is -0.143. The second-order valence-electron chi connectivity index (χ2n) is 7.51. The Kier molecular flexibility index (Phi) is 5.68. The first-order chi connectivity index (χ1) is 12.9. The number of nitrogens with zero attached hydrogens (tertiary/aromatic N) is 6. The van der Waals surface area contributed by atoms with E-state index in [0.717, 1.165) is 36.3 Å². The van der Waals surface area contributed by atoms with Crippen molar-refractivity contribution in [1.29, 1.82) is 0 Å². The number of carbonyl (C=O) groups excluding carboxylic acids is 1. The summed E-state index contributed by atoms with van der Waals surface area (Å²) in [5.74, 6) is 1.81. The lowest BCUT2D eigenvalue weighted by Crippen LogP contribution is -2.41. The molecule has 2 aromatic rings. The summed E-state index contributed by atoms with van der Waals surface area (Å²) in [7, 11) is 7.89. The third-order valence-electron chi connectivity index (χ3n) is 5.00. The second kappa shape index (κ2) is 7.98. The molecule has 0 bridgehead atoms. The molecule has 0 fully saturated rings. The average molecular weight is 371 g/mol. The molecule has 146 valence electrons. The van der Waals surface area contributed by atoms with E-state index in [2.05, 4.69) is 6.92 Å². The molecule has 2 aromatic heterocycles. The monoisotopic (exact) mass is 370 g/mol. The van der Waals surface area contributed by atoms with Crippen LogP contribution in [0.15, 0.2) is 24.5 Å². The van der Waals surface area contributed by atoms with Crippen LogP contribution in [0.2, 0.25) is 0 Å². The van der Waals surface area contributed by atoms with Crippen LogP contribution in [0.1, 0.15) is 37.1 Å². The Labute approximate surface area is 161 Å². The topological polar surface area (TPSA) is 57.5 Å². The number of rotatable bonds is 6. The number of hydrogen-bond acceptors (Lipinski definition) is 5. The van der Waals surface area contributed by atoms with Gasteiger partial charge < -0.3 is 19.3 Å². The lowest BCUT2D eigenvalue weighted by molar-refractivity contribution is -0.136. The van der Waals surface area contributed by atoms with Crippen LogP contribution in [0.25, 0.3) is 0 Å². The predicted octanol–water partition coefficient (Wildman–Crippen LogP) is 2.34. The number of amides is 1. The molecule has 0 unspecified atom stereocenters. The number of aromatic nitrogens is 3. The third-order valence-corrected chi connectivity index (χ3v) is 5.00. The van der Waals surface area contributed by atoms with Crippen LogP contribution < -0.4 is 9.80 Å². The van der Waals surface area contributed by atoms with Gasteiger partial charge in [-0.2, -0.15) is 4.98 Å². The van der Waals surface area contributed by atoms with Crippen LogP contribution in [-0.4, -0.2) is 60.1 Å². The van der Waals surface area contributed by atoms with Crippen molar-refractivity contribution in [2.75, 3.05) is 44.5 Å². The zero-order valence-corrected chi connectivity index (χ0v) is 17.0. The first kappa shape index (κ1) is 19.2. The van der Waals surface area contributed by atoms with Gasteiger partial charge in [0.15, 0.2) is 0 Å². The number of anilines is 2. The molecule has 27 heavy (non-hydrogen) atoms. The zero-order valence-electron chi connectivity index (χ0n) is 17.0. The Morgan fingerprint density at radius 2 is 1.85 bits per heavy atom. The van der Waals surface area contributed by atoms with Gasteiger partial charge in [0.25, 0.3) is 0 Å². The van der Waals surface area contributed by atoms with E-state index in [1.54, 1.807) is 0 Å². The number of fused-ring (bicyclic) bond motifs is 1. The van der Waals surface area contributed by atoms with E-state index in [1.165, 1.54) is 0 Å². The van der Waals surface area contributed by atoms with E-state index < -0.39 is 0 Å². The molecule has 3 heterocycles. The summed E-state index contributed by atoms with van der Waals surface area (Å²) in [6, 6.07) is 3.80. The third kappa shape index (κ3) is 3.91. The van der Waals surface area contributed by atoms with Crippen LogP contribution in [-0.2, 0) is 17.8 Å². The normalized spacial score (nSPS) is 14.6. The van der Waals surface area contributed by atoms with Crippen molar-refractivity contribution < 1.29 is 4.79 Å². The summed E-state index contributed by atoms with van der Waals surface area (Å²) < 4.78 is 2.03.